The Morgan fingerprint density at radius 1 is 1.00 bits per heavy atom. The molecule has 6 nitrogen and oxygen atoms in total. The van der Waals surface area contributed by atoms with Crippen LogP contribution >= 0.6 is 0 Å². The van der Waals surface area contributed by atoms with E-state index >= 15 is 0 Å². The molecule has 0 unspecified atom stereocenters. The van der Waals surface area contributed by atoms with Gasteiger partial charge in [0.2, 0.25) is 0 Å². The lowest BCUT2D eigenvalue weighted by atomic mass is 10.3. The van der Waals surface area contributed by atoms with E-state index in [4.69, 9.17) is 9.47 Å². The Kier molecular flexibility index (Phi) is 2.83. The zero-order valence-electron chi connectivity index (χ0n) is 11.5. The van der Waals surface area contributed by atoms with Crippen molar-refractivity contribution in [2.45, 2.75) is 4.90 Å². The largest absolute Gasteiger partial charge is 0.486 e. The molecule has 112 valence electrons. The number of benzene rings is 2. The van der Waals surface area contributed by atoms with Gasteiger partial charge in [-0.25, -0.2) is 17.4 Å². The van der Waals surface area contributed by atoms with Gasteiger partial charge in [0.05, 0.1) is 15.9 Å². The molecule has 2 heterocycles. The Labute approximate surface area is 127 Å². The summed E-state index contributed by atoms with van der Waals surface area (Å²) in [6.07, 6.45) is 1.32. The zero-order chi connectivity index (χ0) is 15.2. The van der Waals surface area contributed by atoms with E-state index in [1.54, 1.807) is 24.3 Å². The molecule has 22 heavy (non-hydrogen) atoms. The number of rotatable bonds is 2. The minimum Gasteiger partial charge on any atom is -0.486 e. The predicted molar refractivity (Wildman–Crippen MR) is 79.7 cm³/mol. The van der Waals surface area contributed by atoms with Crippen molar-refractivity contribution in [3.8, 4) is 11.5 Å². The van der Waals surface area contributed by atoms with Crippen molar-refractivity contribution < 1.29 is 17.9 Å². The van der Waals surface area contributed by atoms with Crippen LogP contribution in [-0.4, -0.2) is 30.6 Å². The van der Waals surface area contributed by atoms with Crippen LogP contribution in [0, 0.1) is 0 Å². The van der Waals surface area contributed by atoms with Crippen LogP contribution in [0.4, 0.5) is 0 Å². The van der Waals surface area contributed by atoms with Crippen molar-refractivity contribution in [1.82, 2.24) is 8.96 Å². The van der Waals surface area contributed by atoms with Crippen LogP contribution in [-0.2, 0) is 10.0 Å². The summed E-state index contributed by atoms with van der Waals surface area (Å²) in [5.41, 5.74) is 1.17. The molecule has 0 fully saturated rings. The van der Waals surface area contributed by atoms with Crippen molar-refractivity contribution in [2.75, 3.05) is 13.2 Å². The fraction of sp³-hybridized carbons (Fsp3) is 0.133. The third kappa shape index (κ3) is 1.93. The van der Waals surface area contributed by atoms with Gasteiger partial charge in [-0.3, -0.25) is 0 Å². The highest BCUT2D eigenvalue weighted by Gasteiger charge is 2.22. The van der Waals surface area contributed by atoms with Gasteiger partial charge >= 0.3 is 0 Å². The second kappa shape index (κ2) is 4.74. The van der Waals surface area contributed by atoms with Crippen molar-refractivity contribution >= 4 is 21.1 Å². The molecule has 0 aliphatic carbocycles. The maximum absolute atomic E-state index is 12.8. The summed E-state index contributed by atoms with van der Waals surface area (Å²) >= 11 is 0. The summed E-state index contributed by atoms with van der Waals surface area (Å²) in [6, 6.07) is 11.7. The molecule has 0 saturated carbocycles. The molecular weight excluding hydrogens is 304 g/mol. The van der Waals surface area contributed by atoms with Gasteiger partial charge in [-0.15, -0.1) is 0 Å². The molecule has 0 bridgehead atoms. The quantitative estimate of drug-likeness (QED) is 0.723. The molecule has 7 heteroatoms. The molecule has 4 rings (SSSR count). The maximum Gasteiger partial charge on any atom is 0.269 e. The Balaban J connectivity index is 1.87. The third-order valence-electron chi connectivity index (χ3n) is 3.49. The summed E-state index contributed by atoms with van der Waals surface area (Å²) in [6.45, 7) is 0.871. The molecule has 1 aromatic heterocycles. The van der Waals surface area contributed by atoms with Crippen molar-refractivity contribution in [2.24, 2.45) is 0 Å². The third-order valence-corrected chi connectivity index (χ3v) is 5.15. The lowest BCUT2D eigenvalue weighted by molar-refractivity contribution is 0.171. The van der Waals surface area contributed by atoms with Crippen LogP contribution in [0.15, 0.2) is 53.7 Å². The summed E-state index contributed by atoms with van der Waals surface area (Å²) in [5.74, 6) is 0.998. The predicted octanol–water partition coefficient (Wildman–Crippen LogP) is 2.04. The average molecular weight is 316 g/mol. The van der Waals surface area contributed by atoms with E-state index in [0.717, 1.165) is 0 Å². The smallest absolute Gasteiger partial charge is 0.269 e. The van der Waals surface area contributed by atoms with Gasteiger partial charge in [0.25, 0.3) is 10.0 Å². The number of ether oxygens (including phenoxy) is 2. The standard InChI is InChI=1S/C15H12N2O4S/c18-22(19,17-10-16-12-3-1-2-4-13(12)17)11-5-6-14-15(9-11)21-8-7-20-14/h1-6,9-10H,7-8H2. The van der Waals surface area contributed by atoms with E-state index in [0.29, 0.717) is 35.7 Å². The average Bonchev–Trinajstić information content (AvgIpc) is 2.99. The number of nitrogens with zero attached hydrogens (tertiary/aromatic N) is 2. The summed E-state index contributed by atoms with van der Waals surface area (Å²) in [4.78, 5) is 4.26. The number of hydrogen-bond donors (Lipinski definition) is 0. The van der Waals surface area contributed by atoms with Gasteiger partial charge in [-0.2, -0.15) is 0 Å². The topological polar surface area (TPSA) is 70.4 Å². The first kappa shape index (κ1) is 13.1. The Morgan fingerprint density at radius 3 is 2.64 bits per heavy atom. The number of para-hydroxylation sites is 2. The van der Waals surface area contributed by atoms with Gasteiger partial charge in [0.15, 0.2) is 11.5 Å². The molecule has 2 aromatic carbocycles. The number of imidazole rings is 1. The van der Waals surface area contributed by atoms with E-state index in [-0.39, 0.29) is 4.90 Å². The first-order chi connectivity index (χ1) is 10.7. The number of hydrogen-bond acceptors (Lipinski definition) is 5. The number of fused-ring (bicyclic) bond motifs is 2. The molecule has 0 atom stereocenters. The molecular formula is C15H12N2O4S. The highest BCUT2D eigenvalue weighted by Crippen LogP contribution is 2.33. The molecule has 1 aliphatic rings. The minimum atomic E-state index is -3.74. The van der Waals surface area contributed by atoms with Crippen molar-refractivity contribution in [1.29, 1.82) is 0 Å². The second-order valence-electron chi connectivity index (χ2n) is 4.84. The Morgan fingerprint density at radius 2 is 1.77 bits per heavy atom. The van der Waals surface area contributed by atoms with Crippen LogP contribution in [0.5, 0.6) is 11.5 Å². The van der Waals surface area contributed by atoms with Gasteiger partial charge in [0.1, 0.15) is 19.5 Å². The van der Waals surface area contributed by atoms with Crippen molar-refractivity contribution in [3.05, 3.63) is 48.8 Å². The molecule has 0 spiro atoms. The normalized spacial score (nSPS) is 14.2. The molecule has 0 radical (unpaired) electrons. The second-order valence-corrected chi connectivity index (χ2v) is 6.65. The summed E-state index contributed by atoms with van der Waals surface area (Å²) in [5, 5.41) is 0. The van der Waals surface area contributed by atoms with Crippen LogP contribution in [0.1, 0.15) is 0 Å². The molecule has 0 amide bonds. The van der Waals surface area contributed by atoms with E-state index in [1.165, 1.54) is 22.4 Å². The minimum absolute atomic E-state index is 0.139. The van der Waals surface area contributed by atoms with Gasteiger partial charge < -0.3 is 9.47 Å². The van der Waals surface area contributed by atoms with E-state index in [1.807, 2.05) is 6.07 Å². The molecule has 1 aliphatic heterocycles. The summed E-state index contributed by atoms with van der Waals surface area (Å²) in [7, 11) is -3.74. The fourth-order valence-corrected chi connectivity index (χ4v) is 3.73. The lowest BCUT2D eigenvalue weighted by Gasteiger charge is -2.19. The van der Waals surface area contributed by atoms with Crippen LogP contribution in [0.25, 0.3) is 11.0 Å². The molecule has 3 aromatic rings. The zero-order valence-corrected chi connectivity index (χ0v) is 12.3. The summed E-state index contributed by atoms with van der Waals surface area (Å²) < 4.78 is 37.7. The Hall–Kier alpha value is -2.54. The molecule has 0 saturated heterocycles. The van der Waals surface area contributed by atoms with Crippen molar-refractivity contribution in [3.63, 3.8) is 0 Å². The number of aromatic nitrogens is 2. The van der Waals surface area contributed by atoms with E-state index in [2.05, 4.69) is 4.98 Å². The van der Waals surface area contributed by atoms with Crippen LogP contribution in [0.2, 0.25) is 0 Å². The van der Waals surface area contributed by atoms with E-state index < -0.39 is 10.0 Å². The highest BCUT2D eigenvalue weighted by molar-refractivity contribution is 7.90. The van der Waals surface area contributed by atoms with Gasteiger partial charge in [-0.1, -0.05) is 12.1 Å². The SMILES string of the molecule is O=S(=O)(c1ccc2c(c1)OCCO2)n1cnc2ccccc21. The first-order valence-electron chi connectivity index (χ1n) is 6.73. The first-order valence-corrected chi connectivity index (χ1v) is 8.17. The highest BCUT2D eigenvalue weighted by atomic mass is 32.2. The van der Waals surface area contributed by atoms with Crippen LogP contribution < -0.4 is 9.47 Å². The van der Waals surface area contributed by atoms with Gasteiger partial charge in [-0.05, 0) is 24.3 Å². The van der Waals surface area contributed by atoms with Crippen LogP contribution in [0.3, 0.4) is 0 Å². The monoisotopic (exact) mass is 316 g/mol. The Bertz CT molecular complexity index is 963. The fourth-order valence-electron chi connectivity index (χ4n) is 2.43. The maximum atomic E-state index is 12.8. The molecule has 0 N–H and O–H groups in total. The van der Waals surface area contributed by atoms with Gasteiger partial charge in [0, 0.05) is 6.07 Å². The lowest BCUT2D eigenvalue weighted by Crippen LogP contribution is -2.17. The van der Waals surface area contributed by atoms with E-state index in [9.17, 15) is 8.42 Å².